The molecule has 0 amide bonds. The standard InChI is InChI=1S/C17H21N3O/c1-21-17-16(18-9-10-19-17)11-14(12-20-15-7-8-15)13-5-3-2-4-6-13/h2-6,9-10,14-15,20H,7-8,11-12H2,1H3. The molecule has 1 aromatic carbocycles. The molecule has 1 heterocycles. The molecule has 0 bridgehead atoms. The van der Waals surface area contributed by atoms with Crippen LogP contribution in [0.2, 0.25) is 0 Å². The van der Waals surface area contributed by atoms with Crippen LogP contribution in [-0.4, -0.2) is 29.7 Å². The third-order valence-electron chi connectivity index (χ3n) is 3.87. The zero-order chi connectivity index (χ0) is 14.5. The molecule has 1 aliphatic rings. The van der Waals surface area contributed by atoms with E-state index in [9.17, 15) is 0 Å². The summed E-state index contributed by atoms with van der Waals surface area (Å²) in [5.74, 6) is 1.02. The van der Waals surface area contributed by atoms with Crippen LogP contribution in [0.3, 0.4) is 0 Å². The van der Waals surface area contributed by atoms with Crippen molar-refractivity contribution in [3.05, 3.63) is 54.0 Å². The Morgan fingerprint density at radius 2 is 1.95 bits per heavy atom. The molecule has 0 radical (unpaired) electrons. The van der Waals surface area contributed by atoms with Gasteiger partial charge in [0.15, 0.2) is 0 Å². The maximum Gasteiger partial charge on any atom is 0.235 e. The molecule has 1 fully saturated rings. The summed E-state index contributed by atoms with van der Waals surface area (Å²) in [5, 5.41) is 3.62. The molecule has 21 heavy (non-hydrogen) atoms. The Bertz CT molecular complexity index is 569. The first-order chi connectivity index (χ1) is 10.4. The lowest BCUT2D eigenvalue weighted by molar-refractivity contribution is 0.386. The third-order valence-corrected chi connectivity index (χ3v) is 3.87. The van der Waals surface area contributed by atoms with Crippen LogP contribution in [0.15, 0.2) is 42.7 Å². The van der Waals surface area contributed by atoms with Crippen LogP contribution >= 0.6 is 0 Å². The van der Waals surface area contributed by atoms with Crippen molar-refractivity contribution in [1.82, 2.24) is 15.3 Å². The molecule has 3 rings (SSSR count). The van der Waals surface area contributed by atoms with Crippen molar-refractivity contribution in [2.45, 2.75) is 31.2 Å². The van der Waals surface area contributed by atoms with Crippen molar-refractivity contribution in [3.63, 3.8) is 0 Å². The number of methoxy groups -OCH3 is 1. The summed E-state index contributed by atoms with van der Waals surface area (Å²) in [6.45, 7) is 0.967. The van der Waals surface area contributed by atoms with Crippen LogP contribution < -0.4 is 10.1 Å². The highest BCUT2D eigenvalue weighted by atomic mass is 16.5. The summed E-state index contributed by atoms with van der Waals surface area (Å²) in [5.41, 5.74) is 2.25. The van der Waals surface area contributed by atoms with E-state index < -0.39 is 0 Å². The van der Waals surface area contributed by atoms with Gasteiger partial charge >= 0.3 is 0 Å². The van der Waals surface area contributed by atoms with E-state index >= 15 is 0 Å². The monoisotopic (exact) mass is 283 g/mol. The van der Waals surface area contributed by atoms with Crippen LogP contribution in [0.5, 0.6) is 5.88 Å². The van der Waals surface area contributed by atoms with E-state index in [1.807, 2.05) is 0 Å². The number of nitrogens with zero attached hydrogens (tertiary/aromatic N) is 2. The lowest BCUT2D eigenvalue weighted by Crippen LogP contribution is -2.25. The van der Waals surface area contributed by atoms with Gasteiger partial charge in [0, 0.05) is 37.3 Å². The molecular formula is C17H21N3O. The Hall–Kier alpha value is -1.94. The van der Waals surface area contributed by atoms with E-state index in [1.165, 1.54) is 18.4 Å². The Morgan fingerprint density at radius 1 is 1.19 bits per heavy atom. The van der Waals surface area contributed by atoms with Crippen LogP contribution in [0, 0.1) is 0 Å². The van der Waals surface area contributed by atoms with Gasteiger partial charge in [-0.2, -0.15) is 0 Å². The van der Waals surface area contributed by atoms with Crippen LogP contribution in [0.1, 0.15) is 30.0 Å². The first-order valence-corrected chi connectivity index (χ1v) is 7.49. The van der Waals surface area contributed by atoms with Crippen molar-refractivity contribution in [2.75, 3.05) is 13.7 Å². The molecule has 1 aliphatic carbocycles. The van der Waals surface area contributed by atoms with Crippen molar-refractivity contribution < 1.29 is 4.74 Å². The molecule has 0 spiro atoms. The zero-order valence-corrected chi connectivity index (χ0v) is 12.3. The van der Waals surface area contributed by atoms with Gasteiger partial charge in [-0.1, -0.05) is 30.3 Å². The van der Waals surface area contributed by atoms with Crippen LogP contribution in [0.25, 0.3) is 0 Å². The summed E-state index contributed by atoms with van der Waals surface area (Å²) in [6.07, 6.45) is 6.84. The normalized spacial score (nSPS) is 15.7. The number of nitrogens with one attached hydrogen (secondary N) is 1. The molecule has 0 aliphatic heterocycles. The van der Waals surface area contributed by atoms with E-state index in [0.717, 1.165) is 18.7 Å². The second kappa shape index (κ2) is 6.68. The highest BCUT2D eigenvalue weighted by molar-refractivity contribution is 5.25. The van der Waals surface area contributed by atoms with Crippen LogP contribution in [-0.2, 0) is 6.42 Å². The lowest BCUT2D eigenvalue weighted by atomic mass is 9.94. The zero-order valence-electron chi connectivity index (χ0n) is 12.3. The van der Waals surface area contributed by atoms with E-state index in [4.69, 9.17) is 4.74 Å². The van der Waals surface area contributed by atoms with Gasteiger partial charge in [-0.25, -0.2) is 4.98 Å². The van der Waals surface area contributed by atoms with Gasteiger partial charge in [0.05, 0.1) is 7.11 Å². The Kier molecular flexibility index (Phi) is 4.46. The first-order valence-electron chi connectivity index (χ1n) is 7.49. The fourth-order valence-corrected chi connectivity index (χ4v) is 2.53. The summed E-state index contributed by atoms with van der Waals surface area (Å²) in [4.78, 5) is 8.69. The number of aromatic nitrogens is 2. The van der Waals surface area contributed by atoms with Gasteiger partial charge in [0.1, 0.15) is 5.69 Å². The van der Waals surface area contributed by atoms with Gasteiger partial charge in [0.25, 0.3) is 0 Å². The third kappa shape index (κ3) is 3.79. The van der Waals surface area contributed by atoms with E-state index in [1.54, 1.807) is 19.5 Å². The minimum absolute atomic E-state index is 0.386. The maximum atomic E-state index is 5.33. The fraction of sp³-hybridized carbons (Fsp3) is 0.412. The second-order valence-corrected chi connectivity index (χ2v) is 5.51. The number of hydrogen-bond donors (Lipinski definition) is 1. The average Bonchev–Trinajstić information content (AvgIpc) is 3.37. The molecule has 1 aromatic heterocycles. The summed E-state index contributed by atoms with van der Waals surface area (Å²) < 4.78 is 5.33. The molecule has 0 saturated heterocycles. The maximum absolute atomic E-state index is 5.33. The minimum atomic E-state index is 0.386. The highest BCUT2D eigenvalue weighted by Crippen LogP contribution is 2.25. The quantitative estimate of drug-likeness (QED) is 0.848. The lowest BCUT2D eigenvalue weighted by Gasteiger charge is -2.18. The Labute approximate surface area is 125 Å². The molecule has 1 atom stereocenters. The van der Waals surface area contributed by atoms with Gasteiger partial charge < -0.3 is 10.1 Å². The van der Waals surface area contributed by atoms with Gasteiger partial charge in [0.2, 0.25) is 5.88 Å². The molecule has 110 valence electrons. The largest absolute Gasteiger partial charge is 0.480 e. The Balaban J connectivity index is 1.77. The van der Waals surface area contributed by atoms with Crippen LogP contribution in [0.4, 0.5) is 0 Å². The smallest absolute Gasteiger partial charge is 0.235 e. The molecule has 4 heteroatoms. The molecule has 1 unspecified atom stereocenters. The van der Waals surface area contributed by atoms with Gasteiger partial charge in [-0.15, -0.1) is 0 Å². The van der Waals surface area contributed by atoms with Crippen molar-refractivity contribution >= 4 is 0 Å². The molecule has 1 N–H and O–H groups in total. The van der Waals surface area contributed by atoms with E-state index in [0.29, 0.717) is 17.8 Å². The minimum Gasteiger partial charge on any atom is -0.480 e. The van der Waals surface area contributed by atoms with E-state index in [-0.39, 0.29) is 0 Å². The summed E-state index contributed by atoms with van der Waals surface area (Å²) >= 11 is 0. The number of ether oxygens (including phenoxy) is 1. The predicted molar refractivity (Wildman–Crippen MR) is 82.5 cm³/mol. The molecule has 1 saturated carbocycles. The van der Waals surface area contributed by atoms with Crippen molar-refractivity contribution in [3.8, 4) is 5.88 Å². The molecule has 4 nitrogen and oxygen atoms in total. The first kappa shape index (κ1) is 14.0. The fourth-order valence-electron chi connectivity index (χ4n) is 2.53. The number of benzene rings is 1. The molecule has 2 aromatic rings. The average molecular weight is 283 g/mol. The molecular weight excluding hydrogens is 262 g/mol. The predicted octanol–water partition coefficient (Wildman–Crippen LogP) is 2.56. The SMILES string of the molecule is COc1nccnc1CC(CNC1CC1)c1ccccc1. The second-order valence-electron chi connectivity index (χ2n) is 5.51. The van der Waals surface area contributed by atoms with Gasteiger partial charge in [-0.05, 0) is 18.4 Å². The number of hydrogen-bond acceptors (Lipinski definition) is 4. The van der Waals surface area contributed by atoms with Crippen molar-refractivity contribution in [1.29, 1.82) is 0 Å². The number of rotatable bonds is 7. The van der Waals surface area contributed by atoms with Crippen molar-refractivity contribution in [2.24, 2.45) is 0 Å². The topological polar surface area (TPSA) is 47.0 Å². The van der Waals surface area contributed by atoms with E-state index in [2.05, 4.69) is 45.6 Å². The summed E-state index contributed by atoms with van der Waals surface area (Å²) in [7, 11) is 1.65. The van der Waals surface area contributed by atoms with Gasteiger partial charge in [-0.3, -0.25) is 4.98 Å². The summed E-state index contributed by atoms with van der Waals surface area (Å²) in [6, 6.07) is 11.3. The Morgan fingerprint density at radius 3 is 2.67 bits per heavy atom. The highest BCUT2D eigenvalue weighted by Gasteiger charge is 2.23.